The van der Waals surface area contributed by atoms with Gasteiger partial charge < -0.3 is 14.6 Å². The van der Waals surface area contributed by atoms with Crippen LogP contribution >= 0.6 is 0 Å². The molecule has 0 aromatic heterocycles. The highest BCUT2D eigenvalue weighted by Gasteiger charge is 2.62. The van der Waals surface area contributed by atoms with Crippen LogP contribution in [0.2, 0.25) is 25.7 Å². The monoisotopic (exact) mass is 342 g/mol. The predicted octanol–water partition coefficient (Wildman–Crippen LogP) is 4.19. The Balaban J connectivity index is 0.000000261. The minimum absolute atomic E-state index is 0.115. The normalized spacial score (nSPS) is 32.2. The third-order valence-electron chi connectivity index (χ3n) is 4.22. The van der Waals surface area contributed by atoms with Crippen molar-refractivity contribution in [1.82, 2.24) is 0 Å². The van der Waals surface area contributed by atoms with Crippen molar-refractivity contribution in [1.29, 1.82) is 0 Å². The van der Waals surface area contributed by atoms with E-state index in [1.807, 2.05) is 0 Å². The fourth-order valence-corrected chi connectivity index (χ4v) is 3.62. The number of methoxy groups -OCH3 is 1. The highest BCUT2D eigenvalue weighted by atomic mass is 28.3. The van der Waals surface area contributed by atoms with Crippen LogP contribution in [0.4, 0.5) is 13.2 Å². The highest BCUT2D eigenvalue weighted by molar-refractivity contribution is 6.76. The van der Waals surface area contributed by atoms with Crippen LogP contribution in [0.1, 0.15) is 32.1 Å². The average Bonchev–Trinajstić information content (AvgIpc) is 2.73. The Bertz CT molecular complexity index is 328. The third kappa shape index (κ3) is 5.83. The molecule has 2 rings (SSSR count). The third-order valence-corrected chi connectivity index (χ3v) is 5.93. The molecule has 0 aromatic carbocycles. The Morgan fingerprint density at radius 1 is 1.23 bits per heavy atom. The lowest BCUT2D eigenvalue weighted by Gasteiger charge is -2.26. The van der Waals surface area contributed by atoms with Crippen molar-refractivity contribution in [3.8, 4) is 0 Å². The standard InChI is InChI=1S/C9H13F3O2.C6H16OSi/c10-9(11,12)8(13)5-6-3-1-2-4-7(6)14-8;1-7-5-6-8(2,3)4/h6-7,13H,1-5H2;5-6H2,1-4H3. The largest absolute Gasteiger partial charge is 0.443 e. The van der Waals surface area contributed by atoms with Gasteiger partial charge in [-0.15, -0.1) is 0 Å². The first-order valence-electron chi connectivity index (χ1n) is 7.94. The molecule has 0 spiro atoms. The van der Waals surface area contributed by atoms with E-state index in [-0.39, 0.29) is 12.3 Å². The van der Waals surface area contributed by atoms with Crippen molar-refractivity contribution < 1.29 is 27.8 Å². The maximum atomic E-state index is 12.4. The topological polar surface area (TPSA) is 38.7 Å². The molecule has 7 heteroatoms. The van der Waals surface area contributed by atoms with Gasteiger partial charge in [-0.05, 0) is 24.8 Å². The summed E-state index contributed by atoms with van der Waals surface area (Å²) in [5, 5.41) is 9.31. The summed E-state index contributed by atoms with van der Waals surface area (Å²) in [7, 11) is 0.961. The van der Waals surface area contributed by atoms with Gasteiger partial charge in [0.1, 0.15) is 0 Å². The number of rotatable bonds is 3. The molecular formula is C15H29F3O3Si. The maximum absolute atomic E-state index is 12.4. The molecule has 1 saturated carbocycles. The molecule has 0 amide bonds. The molecule has 1 N–H and O–H groups in total. The molecule has 0 bridgehead atoms. The summed E-state index contributed by atoms with van der Waals surface area (Å²) in [5.41, 5.74) is 0. The highest BCUT2D eigenvalue weighted by Crippen LogP contribution is 2.48. The first kappa shape index (κ1) is 19.9. The van der Waals surface area contributed by atoms with Gasteiger partial charge in [0.25, 0.3) is 5.79 Å². The quantitative estimate of drug-likeness (QED) is 0.782. The van der Waals surface area contributed by atoms with Crippen LogP contribution in [0, 0.1) is 5.92 Å². The minimum atomic E-state index is -4.66. The molecule has 22 heavy (non-hydrogen) atoms. The molecule has 3 unspecified atom stereocenters. The van der Waals surface area contributed by atoms with Gasteiger partial charge in [0.15, 0.2) is 0 Å². The smallest absolute Gasteiger partial charge is 0.385 e. The minimum Gasteiger partial charge on any atom is -0.385 e. The number of aliphatic hydroxyl groups is 1. The van der Waals surface area contributed by atoms with Crippen LogP contribution < -0.4 is 0 Å². The fourth-order valence-electron chi connectivity index (χ4n) is 2.81. The van der Waals surface area contributed by atoms with E-state index in [4.69, 9.17) is 9.47 Å². The number of ether oxygens (including phenoxy) is 2. The van der Waals surface area contributed by atoms with E-state index in [2.05, 4.69) is 19.6 Å². The van der Waals surface area contributed by atoms with Crippen LogP contribution in [0.5, 0.6) is 0 Å². The fraction of sp³-hybridized carbons (Fsp3) is 1.00. The van der Waals surface area contributed by atoms with Crippen LogP contribution in [-0.2, 0) is 9.47 Å². The Labute approximate surface area is 132 Å². The summed E-state index contributed by atoms with van der Waals surface area (Å²) in [6, 6.07) is 1.28. The molecule has 3 nitrogen and oxygen atoms in total. The van der Waals surface area contributed by atoms with Crippen LogP contribution in [0.3, 0.4) is 0 Å². The van der Waals surface area contributed by atoms with Gasteiger partial charge in [0.05, 0.1) is 6.10 Å². The number of halogens is 3. The molecule has 1 aliphatic heterocycles. The predicted molar refractivity (Wildman–Crippen MR) is 82.5 cm³/mol. The first-order chi connectivity index (χ1) is 9.98. The summed E-state index contributed by atoms with van der Waals surface area (Å²) in [4.78, 5) is 0. The van der Waals surface area contributed by atoms with Gasteiger partial charge in [-0.2, -0.15) is 13.2 Å². The Morgan fingerprint density at radius 2 is 1.82 bits per heavy atom. The molecule has 0 aromatic rings. The molecule has 1 aliphatic carbocycles. The van der Waals surface area contributed by atoms with E-state index in [0.717, 1.165) is 25.9 Å². The molecule has 132 valence electrons. The van der Waals surface area contributed by atoms with E-state index in [9.17, 15) is 18.3 Å². The molecule has 1 heterocycles. The molecular weight excluding hydrogens is 313 g/mol. The van der Waals surface area contributed by atoms with Crippen molar-refractivity contribution in [2.45, 2.75) is 75.9 Å². The zero-order valence-electron chi connectivity index (χ0n) is 14.0. The van der Waals surface area contributed by atoms with E-state index < -0.39 is 26.1 Å². The van der Waals surface area contributed by atoms with Crippen molar-refractivity contribution in [2.75, 3.05) is 13.7 Å². The average molecular weight is 342 g/mol. The summed E-state index contributed by atoms with van der Waals surface area (Å²) in [6.45, 7) is 8.00. The number of alkyl halides is 3. The molecule has 2 aliphatic rings. The first-order valence-corrected chi connectivity index (χ1v) is 11.6. The summed E-state index contributed by atoms with van der Waals surface area (Å²) < 4.78 is 46.9. The second kappa shape index (κ2) is 7.64. The summed E-state index contributed by atoms with van der Waals surface area (Å²) in [5.74, 6) is -3.00. The van der Waals surface area contributed by atoms with Gasteiger partial charge in [-0.3, -0.25) is 0 Å². The van der Waals surface area contributed by atoms with Crippen LogP contribution in [-0.4, -0.2) is 45.0 Å². The molecule has 1 saturated heterocycles. The maximum Gasteiger partial charge on any atom is 0.443 e. The van der Waals surface area contributed by atoms with E-state index >= 15 is 0 Å². The number of hydrogen-bond acceptors (Lipinski definition) is 3. The van der Waals surface area contributed by atoms with Gasteiger partial charge in [-0.25, -0.2) is 0 Å². The van der Waals surface area contributed by atoms with Gasteiger partial charge in [-0.1, -0.05) is 32.5 Å². The summed E-state index contributed by atoms with van der Waals surface area (Å²) >= 11 is 0. The van der Waals surface area contributed by atoms with Gasteiger partial charge in [0.2, 0.25) is 0 Å². The SMILES string of the molecule is COCC[Si](C)(C)C.OC1(C(F)(F)F)CC2CCCCC2O1. The Morgan fingerprint density at radius 3 is 2.23 bits per heavy atom. The van der Waals surface area contributed by atoms with Gasteiger partial charge >= 0.3 is 6.18 Å². The van der Waals surface area contributed by atoms with Crippen molar-refractivity contribution in [3.63, 3.8) is 0 Å². The van der Waals surface area contributed by atoms with E-state index in [1.165, 1.54) is 6.04 Å². The van der Waals surface area contributed by atoms with Gasteiger partial charge in [0, 0.05) is 28.2 Å². The van der Waals surface area contributed by atoms with E-state index in [0.29, 0.717) is 6.42 Å². The number of fused-ring (bicyclic) bond motifs is 1. The van der Waals surface area contributed by atoms with E-state index in [1.54, 1.807) is 7.11 Å². The van der Waals surface area contributed by atoms with Crippen LogP contribution in [0.15, 0.2) is 0 Å². The van der Waals surface area contributed by atoms with Crippen LogP contribution in [0.25, 0.3) is 0 Å². The zero-order valence-corrected chi connectivity index (χ0v) is 15.0. The zero-order chi connectivity index (χ0) is 17.0. The second-order valence-electron chi connectivity index (χ2n) is 7.49. The number of hydrogen-bond donors (Lipinski definition) is 1. The lowest BCUT2D eigenvalue weighted by molar-refractivity contribution is -0.357. The second-order valence-corrected chi connectivity index (χ2v) is 13.1. The van der Waals surface area contributed by atoms with Crippen molar-refractivity contribution in [2.24, 2.45) is 5.92 Å². The molecule has 2 fully saturated rings. The molecule has 3 atom stereocenters. The Hall–Kier alpha value is -0.113. The summed E-state index contributed by atoms with van der Waals surface area (Å²) in [6.07, 6.45) is -2.12. The Kier molecular flexibility index (Phi) is 6.92. The lowest BCUT2D eigenvalue weighted by Crippen LogP contribution is -2.45. The van der Waals surface area contributed by atoms with Crippen molar-refractivity contribution in [3.05, 3.63) is 0 Å². The molecule has 0 radical (unpaired) electrons. The van der Waals surface area contributed by atoms with Crippen molar-refractivity contribution >= 4 is 8.07 Å². The lowest BCUT2D eigenvalue weighted by atomic mass is 9.85.